The van der Waals surface area contributed by atoms with Crippen LogP contribution in [0.5, 0.6) is 5.75 Å². The fourth-order valence-electron chi connectivity index (χ4n) is 3.52. The minimum atomic E-state index is -1.16. The molecule has 0 bridgehead atoms. The Balaban J connectivity index is 1.66. The number of hydrogen-bond acceptors (Lipinski definition) is 4. The lowest BCUT2D eigenvalue weighted by molar-refractivity contribution is -0.142. The highest BCUT2D eigenvalue weighted by Gasteiger charge is 2.26. The molecule has 2 atom stereocenters. The van der Waals surface area contributed by atoms with E-state index in [4.69, 9.17) is 4.74 Å². The van der Waals surface area contributed by atoms with E-state index in [0.29, 0.717) is 17.9 Å². The van der Waals surface area contributed by atoms with Crippen LogP contribution >= 0.6 is 0 Å². The van der Waals surface area contributed by atoms with Gasteiger partial charge in [-0.3, -0.25) is 9.59 Å². The van der Waals surface area contributed by atoms with Crippen molar-refractivity contribution in [2.24, 2.45) is 0 Å². The lowest BCUT2D eigenvalue weighted by atomic mass is 10.0. The van der Waals surface area contributed by atoms with Gasteiger partial charge in [-0.15, -0.1) is 0 Å². The van der Waals surface area contributed by atoms with Gasteiger partial charge >= 0.3 is 5.97 Å². The summed E-state index contributed by atoms with van der Waals surface area (Å²) in [5.41, 5.74) is 2.58. The molecule has 0 saturated heterocycles. The summed E-state index contributed by atoms with van der Waals surface area (Å²) in [6.45, 7) is 1.71. The Kier molecular flexibility index (Phi) is 8.80. The minimum Gasteiger partial charge on any atom is -0.489 e. The summed E-state index contributed by atoms with van der Waals surface area (Å²) in [5, 5.41) is 14.9. The van der Waals surface area contributed by atoms with Gasteiger partial charge in [0.1, 0.15) is 24.4 Å². The van der Waals surface area contributed by atoms with Crippen molar-refractivity contribution in [2.75, 3.05) is 0 Å². The van der Waals surface area contributed by atoms with Gasteiger partial charge in [0, 0.05) is 19.8 Å². The lowest BCUT2D eigenvalue weighted by Crippen LogP contribution is -2.52. The van der Waals surface area contributed by atoms with Gasteiger partial charge in [-0.05, 0) is 28.8 Å². The predicted molar refractivity (Wildman–Crippen MR) is 128 cm³/mol. The van der Waals surface area contributed by atoms with Crippen LogP contribution < -0.4 is 15.4 Å². The van der Waals surface area contributed by atoms with Crippen molar-refractivity contribution in [2.45, 2.75) is 38.5 Å². The molecule has 0 saturated carbocycles. The monoisotopic (exact) mass is 460 g/mol. The van der Waals surface area contributed by atoms with Crippen molar-refractivity contribution >= 4 is 17.8 Å². The topological polar surface area (TPSA) is 105 Å². The van der Waals surface area contributed by atoms with Gasteiger partial charge in [-0.25, -0.2) is 4.79 Å². The van der Waals surface area contributed by atoms with Crippen LogP contribution in [0.2, 0.25) is 0 Å². The highest BCUT2D eigenvalue weighted by molar-refractivity contribution is 5.90. The highest BCUT2D eigenvalue weighted by atomic mass is 16.5. The number of benzene rings is 3. The largest absolute Gasteiger partial charge is 0.489 e. The molecule has 3 aromatic carbocycles. The summed E-state index contributed by atoms with van der Waals surface area (Å²) in [5.74, 6) is -1.48. The van der Waals surface area contributed by atoms with E-state index in [-0.39, 0.29) is 18.7 Å². The van der Waals surface area contributed by atoms with E-state index in [9.17, 15) is 19.5 Å². The number of aliphatic carboxylic acids is 1. The molecule has 0 aliphatic rings. The van der Waals surface area contributed by atoms with Gasteiger partial charge < -0.3 is 20.5 Å². The first-order chi connectivity index (χ1) is 16.4. The average molecular weight is 461 g/mol. The molecule has 0 heterocycles. The van der Waals surface area contributed by atoms with Crippen LogP contribution in [0.25, 0.3) is 0 Å². The number of nitrogens with one attached hydrogen (secondary N) is 2. The van der Waals surface area contributed by atoms with Crippen molar-refractivity contribution in [3.8, 4) is 5.75 Å². The number of carboxylic acid groups (broad SMARTS) is 1. The summed E-state index contributed by atoms with van der Waals surface area (Å²) in [6, 6.07) is 24.0. The summed E-state index contributed by atoms with van der Waals surface area (Å²) in [6.07, 6.45) is 0.323. The Morgan fingerprint density at radius 2 is 1.35 bits per heavy atom. The van der Waals surface area contributed by atoms with E-state index < -0.39 is 24.0 Å². The molecule has 0 spiro atoms. The van der Waals surface area contributed by atoms with E-state index in [1.807, 2.05) is 60.7 Å². The first-order valence-electron chi connectivity index (χ1n) is 11.0. The minimum absolute atomic E-state index is 0.0712. The average Bonchev–Trinajstić information content (AvgIpc) is 2.83. The molecule has 3 aromatic rings. The van der Waals surface area contributed by atoms with Crippen molar-refractivity contribution in [3.63, 3.8) is 0 Å². The van der Waals surface area contributed by atoms with E-state index in [2.05, 4.69) is 10.6 Å². The molecule has 3 rings (SSSR count). The zero-order chi connectivity index (χ0) is 24.3. The molecular formula is C27H28N2O5. The smallest absolute Gasteiger partial charge is 0.326 e. The van der Waals surface area contributed by atoms with Crippen molar-refractivity contribution in [1.29, 1.82) is 0 Å². The molecule has 0 aliphatic carbocycles. The van der Waals surface area contributed by atoms with E-state index in [0.717, 1.165) is 11.1 Å². The number of rotatable bonds is 11. The Labute approximate surface area is 198 Å². The number of amides is 2. The fraction of sp³-hybridized carbons (Fsp3) is 0.222. The van der Waals surface area contributed by atoms with Gasteiger partial charge in [0.05, 0.1) is 0 Å². The SMILES string of the molecule is CC(=O)N[C@H](Cc1ccccc1)C(=O)N[C@@H](Cc1cccc(OCc2ccccc2)c1)C(=O)O. The molecule has 176 valence electrons. The van der Waals surface area contributed by atoms with Crippen LogP contribution in [-0.2, 0) is 33.8 Å². The third-order valence-electron chi connectivity index (χ3n) is 5.18. The van der Waals surface area contributed by atoms with Crippen LogP contribution in [0.15, 0.2) is 84.9 Å². The quantitative estimate of drug-likeness (QED) is 0.408. The molecule has 3 N–H and O–H groups in total. The number of carbonyl (C=O) groups excluding carboxylic acids is 2. The summed E-state index contributed by atoms with van der Waals surface area (Å²) < 4.78 is 5.82. The van der Waals surface area contributed by atoms with Crippen molar-refractivity contribution < 1.29 is 24.2 Å². The summed E-state index contributed by atoms with van der Waals surface area (Å²) in [4.78, 5) is 36.4. The van der Waals surface area contributed by atoms with Crippen LogP contribution in [0, 0.1) is 0 Å². The first kappa shape index (κ1) is 24.5. The zero-order valence-electron chi connectivity index (χ0n) is 18.9. The Morgan fingerprint density at radius 1 is 0.765 bits per heavy atom. The first-order valence-corrected chi connectivity index (χ1v) is 11.0. The molecule has 0 aliphatic heterocycles. The maximum atomic E-state index is 12.9. The van der Waals surface area contributed by atoms with Gasteiger partial charge in [-0.2, -0.15) is 0 Å². The maximum absolute atomic E-state index is 12.9. The Hall–Kier alpha value is -4.13. The van der Waals surface area contributed by atoms with Crippen LogP contribution in [0.4, 0.5) is 0 Å². The van der Waals surface area contributed by atoms with Crippen LogP contribution in [0.3, 0.4) is 0 Å². The molecular weight excluding hydrogens is 432 g/mol. The number of carbonyl (C=O) groups is 3. The second kappa shape index (κ2) is 12.2. The second-order valence-corrected chi connectivity index (χ2v) is 7.97. The lowest BCUT2D eigenvalue weighted by Gasteiger charge is -2.21. The number of hydrogen-bond donors (Lipinski definition) is 3. The predicted octanol–water partition coefficient (Wildman–Crippen LogP) is 3.12. The maximum Gasteiger partial charge on any atom is 0.326 e. The molecule has 7 nitrogen and oxygen atoms in total. The van der Waals surface area contributed by atoms with Crippen LogP contribution in [-0.4, -0.2) is 35.0 Å². The normalized spacial score (nSPS) is 12.3. The van der Waals surface area contributed by atoms with Crippen molar-refractivity contribution in [1.82, 2.24) is 10.6 Å². The molecule has 0 radical (unpaired) electrons. The van der Waals surface area contributed by atoms with Gasteiger partial charge in [-0.1, -0.05) is 72.8 Å². The second-order valence-electron chi connectivity index (χ2n) is 7.97. The fourth-order valence-corrected chi connectivity index (χ4v) is 3.52. The molecule has 2 amide bonds. The van der Waals surface area contributed by atoms with Gasteiger partial charge in [0.15, 0.2) is 0 Å². The van der Waals surface area contributed by atoms with E-state index in [1.165, 1.54) is 6.92 Å². The van der Waals surface area contributed by atoms with Gasteiger partial charge in [0.25, 0.3) is 0 Å². The number of carboxylic acids is 1. The molecule has 0 unspecified atom stereocenters. The third-order valence-corrected chi connectivity index (χ3v) is 5.18. The Morgan fingerprint density at radius 3 is 1.97 bits per heavy atom. The molecule has 0 aromatic heterocycles. The van der Waals surface area contributed by atoms with Crippen molar-refractivity contribution in [3.05, 3.63) is 102 Å². The third kappa shape index (κ3) is 7.78. The zero-order valence-corrected chi connectivity index (χ0v) is 18.9. The van der Waals surface area contributed by atoms with E-state index >= 15 is 0 Å². The summed E-state index contributed by atoms with van der Waals surface area (Å²) in [7, 11) is 0. The molecule has 34 heavy (non-hydrogen) atoms. The summed E-state index contributed by atoms with van der Waals surface area (Å²) >= 11 is 0. The Bertz CT molecular complexity index is 1100. The number of ether oxygens (including phenoxy) is 1. The molecule has 7 heteroatoms. The highest BCUT2D eigenvalue weighted by Crippen LogP contribution is 2.17. The van der Waals surface area contributed by atoms with Gasteiger partial charge in [0.2, 0.25) is 11.8 Å². The van der Waals surface area contributed by atoms with E-state index in [1.54, 1.807) is 24.3 Å². The standard InChI is InChI=1S/C27H28N2O5/c1-19(30)28-24(16-20-9-4-2-5-10-20)26(31)29-25(27(32)33)17-22-13-8-14-23(15-22)34-18-21-11-6-3-7-12-21/h2-15,24-25H,16-18H2,1H3,(H,28,30)(H,29,31)(H,32,33)/t24-,25+/m1/s1. The van der Waals surface area contributed by atoms with Crippen LogP contribution in [0.1, 0.15) is 23.6 Å². The molecule has 0 fully saturated rings.